The summed E-state index contributed by atoms with van der Waals surface area (Å²) in [6, 6.07) is 5.33. The van der Waals surface area contributed by atoms with E-state index in [1.165, 1.54) is 18.7 Å². The molecule has 0 amide bonds. The second kappa shape index (κ2) is 5.53. The molecule has 5 nitrogen and oxygen atoms in total. The van der Waals surface area contributed by atoms with E-state index < -0.39 is 24.0 Å². The molecule has 1 aromatic rings. The lowest BCUT2D eigenvalue weighted by atomic mass is 10.1. The first kappa shape index (κ1) is 14.0. The Kier molecular flexibility index (Phi) is 4.31. The van der Waals surface area contributed by atoms with Crippen molar-refractivity contribution in [1.82, 2.24) is 0 Å². The van der Waals surface area contributed by atoms with Gasteiger partial charge >= 0.3 is 11.9 Å². The monoisotopic (exact) mass is 251 g/mol. The maximum atomic E-state index is 11.1. The summed E-state index contributed by atoms with van der Waals surface area (Å²) in [7, 11) is 0. The fraction of sp³-hybridized carbons (Fsp3) is 0.385. The van der Waals surface area contributed by atoms with Crippen molar-refractivity contribution in [2.45, 2.75) is 32.9 Å². The number of aliphatic carboxylic acids is 2. The molecular weight excluding hydrogens is 234 g/mol. The second-order valence-corrected chi connectivity index (χ2v) is 4.27. The first-order valence-corrected chi connectivity index (χ1v) is 5.65. The number of hydrogen-bond donors (Lipinski definition) is 2. The number of carbonyl (C=O) groups is 2. The summed E-state index contributed by atoms with van der Waals surface area (Å²) in [5.74, 6) is -2.10. The first-order valence-electron chi connectivity index (χ1n) is 5.65. The van der Waals surface area contributed by atoms with Crippen molar-refractivity contribution in [1.29, 1.82) is 0 Å². The molecule has 0 aliphatic rings. The number of aryl methyl sites for hydroxylation is 1. The largest absolute Gasteiger partial charge is 0.480 e. The van der Waals surface area contributed by atoms with Crippen LogP contribution in [0.2, 0.25) is 0 Å². The molecular formula is C13H17NO4. The van der Waals surface area contributed by atoms with Gasteiger partial charge in [-0.05, 0) is 38.5 Å². The number of carboxylic acids is 2. The zero-order valence-electron chi connectivity index (χ0n) is 10.6. The highest BCUT2D eigenvalue weighted by Gasteiger charge is 2.29. The topological polar surface area (TPSA) is 77.8 Å². The van der Waals surface area contributed by atoms with E-state index in [9.17, 15) is 9.59 Å². The zero-order chi connectivity index (χ0) is 13.9. The van der Waals surface area contributed by atoms with Gasteiger partial charge in [0.1, 0.15) is 12.1 Å². The standard InChI is InChI=1S/C13H17NO4/c1-8-5-4-6-11(7-8)14(9(2)12(15)16)10(3)13(17)18/h4-7,9-10H,1-3H3,(H,15,16)(H,17,18). The Labute approximate surface area is 106 Å². The summed E-state index contributed by atoms with van der Waals surface area (Å²) in [4.78, 5) is 23.6. The molecule has 0 aliphatic heterocycles. The van der Waals surface area contributed by atoms with E-state index in [4.69, 9.17) is 10.2 Å². The number of nitrogens with zero attached hydrogens (tertiary/aromatic N) is 1. The fourth-order valence-corrected chi connectivity index (χ4v) is 1.81. The molecule has 0 radical (unpaired) electrons. The lowest BCUT2D eigenvalue weighted by molar-refractivity contribution is -0.140. The van der Waals surface area contributed by atoms with Crippen LogP contribution in [0, 0.1) is 6.92 Å². The summed E-state index contributed by atoms with van der Waals surface area (Å²) in [6.07, 6.45) is 0. The molecule has 2 unspecified atom stereocenters. The van der Waals surface area contributed by atoms with E-state index in [0.717, 1.165) is 5.56 Å². The summed E-state index contributed by atoms with van der Waals surface area (Å²) in [5, 5.41) is 18.2. The van der Waals surface area contributed by atoms with Crippen molar-refractivity contribution in [2.24, 2.45) is 0 Å². The van der Waals surface area contributed by atoms with Gasteiger partial charge in [-0.3, -0.25) is 0 Å². The quantitative estimate of drug-likeness (QED) is 0.833. The molecule has 5 heteroatoms. The highest BCUT2D eigenvalue weighted by molar-refractivity contribution is 5.84. The molecule has 0 fully saturated rings. The van der Waals surface area contributed by atoms with Crippen molar-refractivity contribution < 1.29 is 19.8 Å². The molecule has 18 heavy (non-hydrogen) atoms. The molecule has 0 spiro atoms. The molecule has 0 heterocycles. The third kappa shape index (κ3) is 3.00. The van der Waals surface area contributed by atoms with E-state index in [-0.39, 0.29) is 0 Å². The molecule has 1 rings (SSSR count). The van der Waals surface area contributed by atoms with Crippen LogP contribution >= 0.6 is 0 Å². The highest BCUT2D eigenvalue weighted by atomic mass is 16.4. The Morgan fingerprint density at radius 2 is 1.61 bits per heavy atom. The minimum absolute atomic E-state index is 0.597. The maximum absolute atomic E-state index is 11.1. The van der Waals surface area contributed by atoms with Gasteiger partial charge < -0.3 is 15.1 Å². The van der Waals surface area contributed by atoms with Gasteiger partial charge in [-0.15, -0.1) is 0 Å². The number of hydrogen-bond acceptors (Lipinski definition) is 3. The molecule has 2 N–H and O–H groups in total. The number of benzene rings is 1. The third-order valence-electron chi connectivity index (χ3n) is 2.85. The zero-order valence-corrected chi connectivity index (χ0v) is 10.6. The molecule has 98 valence electrons. The average Bonchev–Trinajstić information content (AvgIpc) is 2.28. The second-order valence-electron chi connectivity index (χ2n) is 4.27. The van der Waals surface area contributed by atoms with Crippen LogP contribution in [0.4, 0.5) is 5.69 Å². The maximum Gasteiger partial charge on any atom is 0.326 e. The van der Waals surface area contributed by atoms with Gasteiger partial charge in [0.15, 0.2) is 0 Å². The normalized spacial score (nSPS) is 13.7. The van der Waals surface area contributed by atoms with Crippen LogP contribution in [0.1, 0.15) is 19.4 Å². The van der Waals surface area contributed by atoms with Crippen LogP contribution in [0.5, 0.6) is 0 Å². The predicted octanol–water partition coefficient (Wildman–Crippen LogP) is 1.75. The van der Waals surface area contributed by atoms with E-state index in [1.807, 2.05) is 13.0 Å². The van der Waals surface area contributed by atoms with Crippen LogP contribution in [0.25, 0.3) is 0 Å². The molecule has 0 aliphatic carbocycles. The Hall–Kier alpha value is -2.04. The minimum Gasteiger partial charge on any atom is -0.480 e. The Morgan fingerprint density at radius 1 is 1.11 bits per heavy atom. The Bertz CT molecular complexity index is 438. The van der Waals surface area contributed by atoms with Crippen molar-refractivity contribution in [3.05, 3.63) is 29.8 Å². The van der Waals surface area contributed by atoms with Crippen molar-refractivity contribution in [2.75, 3.05) is 4.90 Å². The summed E-state index contributed by atoms with van der Waals surface area (Å²) in [6.45, 7) is 4.83. The van der Waals surface area contributed by atoms with Gasteiger partial charge in [0.25, 0.3) is 0 Å². The molecule has 0 aromatic heterocycles. The van der Waals surface area contributed by atoms with Crippen LogP contribution < -0.4 is 4.90 Å². The van der Waals surface area contributed by atoms with Crippen LogP contribution in [-0.4, -0.2) is 34.2 Å². The summed E-state index contributed by atoms with van der Waals surface area (Å²) < 4.78 is 0. The van der Waals surface area contributed by atoms with E-state index >= 15 is 0 Å². The lowest BCUT2D eigenvalue weighted by Crippen LogP contribution is -2.48. The number of anilines is 1. The smallest absolute Gasteiger partial charge is 0.326 e. The van der Waals surface area contributed by atoms with E-state index in [0.29, 0.717) is 5.69 Å². The molecule has 2 atom stereocenters. The van der Waals surface area contributed by atoms with Crippen molar-refractivity contribution in [3.63, 3.8) is 0 Å². The van der Waals surface area contributed by atoms with Gasteiger partial charge in [-0.2, -0.15) is 0 Å². The highest BCUT2D eigenvalue weighted by Crippen LogP contribution is 2.21. The minimum atomic E-state index is -1.05. The molecule has 0 saturated carbocycles. The Morgan fingerprint density at radius 3 is 2.00 bits per heavy atom. The summed E-state index contributed by atoms with van der Waals surface area (Å²) >= 11 is 0. The van der Waals surface area contributed by atoms with Crippen molar-refractivity contribution >= 4 is 17.6 Å². The van der Waals surface area contributed by atoms with Gasteiger partial charge in [0, 0.05) is 5.69 Å². The Balaban J connectivity index is 3.20. The van der Waals surface area contributed by atoms with Crippen molar-refractivity contribution in [3.8, 4) is 0 Å². The molecule has 1 aromatic carbocycles. The van der Waals surface area contributed by atoms with Gasteiger partial charge in [-0.25, -0.2) is 9.59 Å². The van der Waals surface area contributed by atoms with Crippen LogP contribution in [0.3, 0.4) is 0 Å². The number of rotatable bonds is 5. The van der Waals surface area contributed by atoms with Gasteiger partial charge in [-0.1, -0.05) is 12.1 Å². The van der Waals surface area contributed by atoms with E-state index in [2.05, 4.69) is 0 Å². The van der Waals surface area contributed by atoms with E-state index in [1.54, 1.807) is 18.2 Å². The van der Waals surface area contributed by atoms with Crippen LogP contribution in [0.15, 0.2) is 24.3 Å². The third-order valence-corrected chi connectivity index (χ3v) is 2.85. The predicted molar refractivity (Wildman–Crippen MR) is 67.9 cm³/mol. The molecule has 0 bridgehead atoms. The van der Waals surface area contributed by atoms with Gasteiger partial charge in [0.05, 0.1) is 0 Å². The summed E-state index contributed by atoms with van der Waals surface area (Å²) in [5.41, 5.74) is 1.55. The SMILES string of the molecule is Cc1cccc(N(C(C)C(=O)O)C(C)C(=O)O)c1. The first-order chi connectivity index (χ1) is 8.34. The molecule has 0 saturated heterocycles. The van der Waals surface area contributed by atoms with Crippen LogP contribution in [-0.2, 0) is 9.59 Å². The lowest BCUT2D eigenvalue weighted by Gasteiger charge is -2.32. The fourth-order valence-electron chi connectivity index (χ4n) is 1.81. The number of carboxylic acid groups (broad SMARTS) is 2. The average molecular weight is 251 g/mol. The van der Waals surface area contributed by atoms with Gasteiger partial charge in [0.2, 0.25) is 0 Å².